The van der Waals surface area contributed by atoms with E-state index in [4.69, 9.17) is 19.5 Å². The van der Waals surface area contributed by atoms with Gasteiger partial charge in [-0.25, -0.2) is 24.1 Å². The summed E-state index contributed by atoms with van der Waals surface area (Å²) in [4.78, 5) is 29.1. The number of halogens is 1. The maximum atomic E-state index is 15.2. The number of benzene rings is 1. The average Bonchev–Trinajstić information content (AvgIpc) is 3.44. The lowest BCUT2D eigenvalue weighted by Crippen LogP contribution is -2.31. The molecule has 3 saturated carbocycles. The van der Waals surface area contributed by atoms with Gasteiger partial charge in [-0.3, -0.25) is 9.51 Å². The molecule has 2 N–H and O–H groups in total. The van der Waals surface area contributed by atoms with Crippen LogP contribution in [0.15, 0.2) is 33.6 Å². The monoisotopic (exact) mass is 545 g/mol. The first-order valence-corrected chi connectivity index (χ1v) is 14.8. The third-order valence-electron chi connectivity index (χ3n) is 9.62. The van der Waals surface area contributed by atoms with Crippen molar-refractivity contribution in [2.75, 3.05) is 5.32 Å². The fraction of sp³-hybridized carbons (Fsp3) is 0.567. The molecule has 210 valence electrons. The van der Waals surface area contributed by atoms with Crippen molar-refractivity contribution in [3.8, 4) is 11.6 Å². The van der Waals surface area contributed by atoms with Crippen LogP contribution in [0, 0.1) is 23.6 Å². The van der Waals surface area contributed by atoms with Gasteiger partial charge in [-0.05, 0) is 69.3 Å². The molecule has 1 aromatic carbocycles. The second-order valence-electron chi connectivity index (χ2n) is 12.4. The molecule has 3 fully saturated rings. The van der Waals surface area contributed by atoms with Crippen molar-refractivity contribution in [2.45, 2.75) is 89.6 Å². The van der Waals surface area contributed by atoms with E-state index in [1.165, 1.54) is 38.2 Å². The summed E-state index contributed by atoms with van der Waals surface area (Å²) in [5.41, 5.74) is 1.57. The highest BCUT2D eigenvalue weighted by molar-refractivity contribution is 5.86. The fourth-order valence-corrected chi connectivity index (χ4v) is 6.74. The highest BCUT2D eigenvalue weighted by Gasteiger charge is 2.52. The predicted molar refractivity (Wildman–Crippen MR) is 149 cm³/mol. The molecule has 0 radical (unpaired) electrons. The molecule has 40 heavy (non-hydrogen) atoms. The van der Waals surface area contributed by atoms with Crippen molar-refractivity contribution in [3.05, 3.63) is 52.0 Å². The number of aromatic nitrogens is 6. The summed E-state index contributed by atoms with van der Waals surface area (Å²) >= 11 is 0. The third-order valence-corrected chi connectivity index (χ3v) is 9.62. The molecule has 10 heteroatoms. The van der Waals surface area contributed by atoms with E-state index < -0.39 is 11.2 Å². The van der Waals surface area contributed by atoms with E-state index in [0.29, 0.717) is 28.9 Å². The molecule has 0 aliphatic heterocycles. The molecule has 3 heterocycles. The minimum Gasteiger partial charge on any atom is -0.365 e. The summed E-state index contributed by atoms with van der Waals surface area (Å²) in [6.45, 7) is 5.32. The smallest absolute Gasteiger partial charge is 0.365 e. The zero-order valence-electron chi connectivity index (χ0n) is 23.1. The number of nitrogens with one attached hydrogen (secondary N) is 2. The summed E-state index contributed by atoms with van der Waals surface area (Å²) in [6.07, 6.45) is 10.0. The quantitative estimate of drug-likeness (QED) is 0.287. The minimum absolute atomic E-state index is 0.166. The van der Waals surface area contributed by atoms with Gasteiger partial charge in [0.1, 0.15) is 17.2 Å². The van der Waals surface area contributed by atoms with Gasteiger partial charge in [0.2, 0.25) is 11.6 Å². The number of hydrogen-bond donors (Lipinski definition) is 2. The molecule has 7 rings (SSSR count). The predicted octanol–water partition coefficient (Wildman–Crippen LogP) is 5.82. The first kappa shape index (κ1) is 25.4. The Balaban J connectivity index is 1.41. The zero-order valence-corrected chi connectivity index (χ0v) is 23.1. The Morgan fingerprint density at radius 2 is 1.90 bits per heavy atom. The highest BCUT2D eigenvalue weighted by Crippen LogP contribution is 2.54. The van der Waals surface area contributed by atoms with Crippen LogP contribution in [0.2, 0.25) is 0 Å². The van der Waals surface area contributed by atoms with Gasteiger partial charge in [-0.2, -0.15) is 0 Å². The number of nitrogens with zero attached hydrogens (tertiary/aromatic N) is 5. The lowest BCUT2D eigenvalue weighted by Gasteiger charge is -2.32. The molecule has 3 aromatic heterocycles. The van der Waals surface area contributed by atoms with Gasteiger partial charge in [0.05, 0.1) is 5.41 Å². The van der Waals surface area contributed by atoms with E-state index in [1.807, 2.05) is 12.1 Å². The SMILES string of the molecule is CC1CCC(Cn2c(C3(c4ccccc4F)CC3)nc3nc(-c4noc(=O)[nH]4)nc(N[C@H](C)C4CCC4)c32)CC1. The lowest BCUT2D eigenvalue weighted by atomic mass is 9.80. The lowest BCUT2D eigenvalue weighted by molar-refractivity contribution is 0.263. The standard InChI is InChI=1S/C30H36FN7O2/c1-17-10-12-19(13-11-17)16-38-23-24(32-18(2)20-6-5-7-20)33-26(27-36-29(39)40-37-27)34-25(23)35-28(38)30(14-15-30)21-8-3-4-9-22(21)31/h3-4,8-9,17-20H,5-7,10-16H2,1-2H3,(H,32,33,34)(H,36,37,39)/t17?,18-,19?/m1/s1. The van der Waals surface area contributed by atoms with Gasteiger partial charge in [-0.15, -0.1) is 0 Å². The van der Waals surface area contributed by atoms with E-state index in [0.717, 1.165) is 49.5 Å². The average molecular weight is 546 g/mol. The van der Waals surface area contributed by atoms with Gasteiger partial charge in [0.25, 0.3) is 0 Å². The molecule has 0 bridgehead atoms. The minimum atomic E-state index is -0.662. The zero-order chi connectivity index (χ0) is 27.4. The summed E-state index contributed by atoms with van der Waals surface area (Å²) in [7, 11) is 0. The number of fused-ring (bicyclic) bond motifs is 1. The summed E-state index contributed by atoms with van der Waals surface area (Å²) in [5, 5.41) is 7.53. The number of H-pyrrole nitrogens is 1. The molecule has 9 nitrogen and oxygen atoms in total. The fourth-order valence-electron chi connectivity index (χ4n) is 6.74. The normalized spacial score (nSPS) is 23.2. The van der Waals surface area contributed by atoms with Crippen LogP contribution in [0.5, 0.6) is 0 Å². The first-order chi connectivity index (χ1) is 19.4. The van der Waals surface area contributed by atoms with Crippen molar-refractivity contribution < 1.29 is 8.91 Å². The van der Waals surface area contributed by atoms with Gasteiger partial charge >= 0.3 is 5.76 Å². The van der Waals surface area contributed by atoms with Crippen LogP contribution in [0.1, 0.15) is 83.0 Å². The molecule has 0 spiro atoms. The van der Waals surface area contributed by atoms with E-state index in [9.17, 15) is 4.79 Å². The van der Waals surface area contributed by atoms with E-state index in [1.54, 1.807) is 6.07 Å². The highest BCUT2D eigenvalue weighted by atomic mass is 19.1. The van der Waals surface area contributed by atoms with Crippen LogP contribution in [0.3, 0.4) is 0 Å². The summed E-state index contributed by atoms with van der Waals surface area (Å²) in [5.74, 6) is 2.91. The van der Waals surface area contributed by atoms with Crippen molar-refractivity contribution in [3.63, 3.8) is 0 Å². The van der Waals surface area contributed by atoms with E-state index >= 15 is 4.39 Å². The molecule has 3 aliphatic carbocycles. The van der Waals surface area contributed by atoms with Crippen LogP contribution in [-0.2, 0) is 12.0 Å². The number of imidazole rings is 1. The number of hydrogen-bond acceptors (Lipinski definition) is 7. The van der Waals surface area contributed by atoms with Crippen LogP contribution in [0.25, 0.3) is 22.8 Å². The Morgan fingerprint density at radius 3 is 2.55 bits per heavy atom. The number of anilines is 1. The van der Waals surface area contributed by atoms with Crippen LogP contribution in [0.4, 0.5) is 10.2 Å². The second-order valence-corrected chi connectivity index (χ2v) is 12.4. The van der Waals surface area contributed by atoms with E-state index in [2.05, 4.69) is 33.9 Å². The van der Waals surface area contributed by atoms with Gasteiger partial charge < -0.3 is 9.88 Å². The van der Waals surface area contributed by atoms with Crippen molar-refractivity contribution >= 4 is 17.0 Å². The first-order valence-electron chi connectivity index (χ1n) is 14.8. The molecule has 1 atom stereocenters. The summed E-state index contributed by atoms with van der Waals surface area (Å²) < 4.78 is 22.3. The third kappa shape index (κ3) is 4.41. The maximum absolute atomic E-state index is 15.2. The van der Waals surface area contributed by atoms with Crippen molar-refractivity contribution in [1.82, 2.24) is 29.7 Å². The number of rotatable bonds is 8. The molecule has 4 aromatic rings. The molecule has 0 amide bonds. The topological polar surface area (TPSA) is 115 Å². The Kier molecular flexibility index (Phi) is 6.24. The van der Waals surface area contributed by atoms with Crippen LogP contribution >= 0.6 is 0 Å². The Hall–Kier alpha value is -3.56. The van der Waals surface area contributed by atoms with Crippen LogP contribution < -0.4 is 11.1 Å². The largest absolute Gasteiger partial charge is 0.439 e. The molecular weight excluding hydrogens is 509 g/mol. The van der Waals surface area contributed by atoms with Crippen molar-refractivity contribution in [1.29, 1.82) is 0 Å². The van der Waals surface area contributed by atoms with Gasteiger partial charge in [-0.1, -0.05) is 49.5 Å². The Bertz CT molecular complexity index is 1590. The molecule has 0 unspecified atom stereocenters. The maximum Gasteiger partial charge on any atom is 0.439 e. The Labute approximate surface area is 232 Å². The van der Waals surface area contributed by atoms with Crippen LogP contribution in [-0.4, -0.2) is 35.7 Å². The van der Waals surface area contributed by atoms with Gasteiger partial charge in [0, 0.05) is 18.2 Å². The van der Waals surface area contributed by atoms with Crippen molar-refractivity contribution in [2.24, 2.45) is 17.8 Å². The molecule has 3 aliphatic rings. The van der Waals surface area contributed by atoms with E-state index in [-0.39, 0.29) is 23.5 Å². The number of aromatic amines is 1. The summed E-state index contributed by atoms with van der Waals surface area (Å²) in [6, 6.07) is 7.28. The second kappa shape index (κ2) is 9.82. The Morgan fingerprint density at radius 1 is 1.12 bits per heavy atom. The van der Waals surface area contributed by atoms with Gasteiger partial charge in [0.15, 0.2) is 11.5 Å². The molecule has 0 saturated heterocycles. The molecular formula is C30H36FN7O2.